The van der Waals surface area contributed by atoms with Gasteiger partial charge >= 0.3 is 5.97 Å². The summed E-state index contributed by atoms with van der Waals surface area (Å²) in [6.45, 7) is 18.2. The summed E-state index contributed by atoms with van der Waals surface area (Å²) in [6.07, 6.45) is 5.18. The van der Waals surface area contributed by atoms with E-state index in [9.17, 15) is 14.7 Å². The van der Waals surface area contributed by atoms with E-state index in [0.29, 0.717) is 5.69 Å². The van der Waals surface area contributed by atoms with Crippen LogP contribution in [0.3, 0.4) is 0 Å². The molecular formula is C36H39N3O3. The lowest BCUT2D eigenvalue weighted by atomic mass is 9.52. The van der Waals surface area contributed by atoms with Gasteiger partial charge in [0.1, 0.15) is 0 Å². The molecule has 0 spiro atoms. The number of hydrazone groups is 1. The van der Waals surface area contributed by atoms with E-state index in [1.807, 2.05) is 12.1 Å². The number of carboxylic acid groups (broad SMARTS) is 1. The van der Waals surface area contributed by atoms with Crippen molar-refractivity contribution in [1.29, 1.82) is 0 Å². The molecule has 6 nitrogen and oxygen atoms in total. The molecule has 0 aliphatic carbocycles. The first-order valence-corrected chi connectivity index (χ1v) is 14.3. The summed E-state index contributed by atoms with van der Waals surface area (Å²) in [6, 6.07) is 22.0. The van der Waals surface area contributed by atoms with Crippen LogP contribution in [-0.2, 0) is 15.0 Å². The Morgan fingerprint density at radius 1 is 0.857 bits per heavy atom. The highest BCUT2D eigenvalue weighted by molar-refractivity contribution is 6.52. The summed E-state index contributed by atoms with van der Waals surface area (Å²) >= 11 is 0. The van der Waals surface area contributed by atoms with Crippen LogP contribution < -0.4 is 9.91 Å². The molecule has 2 aliphatic heterocycles. The molecule has 2 aliphatic rings. The first kappa shape index (κ1) is 29.1. The number of rotatable bonds is 5. The Labute approximate surface area is 248 Å². The Bertz CT molecular complexity index is 1660. The minimum Gasteiger partial charge on any atom is -0.476 e. The molecule has 1 amide bonds. The fourth-order valence-electron chi connectivity index (χ4n) is 6.30. The maximum absolute atomic E-state index is 13.1. The Kier molecular flexibility index (Phi) is 7.00. The zero-order valence-corrected chi connectivity index (χ0v) is 25.7. The number of hydrogen-bond donors (Lipinski definition) is 1. The maximum atomic E-state index is 13.1. The molecular weight excluding hydrogens is 522 g/mol. The molecule has 216 valence electrons. The average molecular weight is 562 g/mol. The van der Waals surface area contributed by atoms with Crippen molar-refractivity contribution in [3.05, 3.63) is 107 Å². The molecule has 0 saturated heterocycles. The fourth-order valence-corrected chi connectivity index (χ4v) is 6.30. The molecule has 0 saturated carbocycles. The molecule has 0 fully saturated rings. The van der Waals surface area contributed by atoms with Crippen LogP contribution in [-0.4, -0.2) is 28.2 Å². The van der Waals surface area contributed by atoms with Gasteiger partial charge in [0.2, 0.25) is 0 Å². The molecule has 42 heavy (non-hydrogen) atoms. The van der Waals surface area contributed by atoms with Crippen molar-refractivity contribution in [2.75, 3.05) is 9.91 Å². The zero-order chi connectivity index (χ0) is 30.6. The summed E-state index contributed by atoms with van der Waals surface area (Å²) in [5, 5.41) is 15.0. The minimum atomic E-state index is -1.24. The van der Waals surface area contributed by atoms with Crippen LogP contribution in [0.2, 0.25) is 0 Å². The van der Waals surface area contributed by atoms with Crippen LogP contribution in [0.1, 0.15) is 63.8 Å². The molecule has 2 heterocycles. The molecule has 0 radical (unpaired) electrons. The quantitative estimate of drug-likeness (QED) is 0.321. The molecule has 0 atom stereocenters. The molecule has 5 rings (SSSR count). The Morgan fingerprint density at radius 3 is 2.12 bits per heavy atom. The third-order valence-electron chi connectivity index (χ3n) is 9.68. The number of allylic oxidation sites excluding steroid dienone is 2. The van der Waals surface area contributed by atoms with Crippen LogP contribution in [0, 0.1) is 19.3 Å². The number of aryl methyl sites for hydroxylation is 2. The maximum Gasteiger partial charge on any atom is 0.357 e. The van der Waals surface area contributed by atoms with Gasteiger partial charge in [-0.15, -0.1) is 0 Å². The van der Waals surface area contributed by atoms with E-state index >= 15 is 0 Å². The van der Waals surface area contributed by atoms with E-state index in [2.05, 4.69) is 102 Å². The van der Waals surface area contributed by atoms with Gasteiger partial charge in [0, 0.05) is 16.9 Å². The second-order valence-corrected chi connectivity index (χ2v) is 12.9. The van der Waals surface area contributed by atoms with Gasteiger partial charge in [-0.1, -0.05) is 70.2 Å². The summed E-state index contributed by atoms with van der Waals surface area (Å²) in [5.74, 6) is -1.71. The first-order chi connectivity index (χ1) is 19.7. The van der Waals surface area contributed by atoms with Crippen LogP contribution >= 0.6 is 0 Å². The number of carbonyl (C=O) groups is 2. The third-order valence-corrected chi connectivity index (χ3v) is 9.68. The number of hydrogen-bond acceptors (Lipinski definition) is 4. The molecule has 1 N–H and O–H groups in total. The topological polar surface area (TPSA) is 73.2 Å². The normalized spacial score (nSPS) is 19.8. The van der Waals surface area contributed by atoms with Gasteiger partial charge in [-0.25, -0.2) is 4.79 Å². The van der Waals surface area contributed by atoms with E-state index in [-0.39, 0.29) is 27.7 Å². The predicted molar refractivity (Wildman–Crippen MR) is 171 cm³/mol. The number of anilines is 3. The number of fused-ring (bicyclic) bond motifs is 1. The van der Waals surface area contributed by atoms with Crippen molar-refractivity contribution in [3.63, 3.8) is 0 Å². The monoisotopic (exact) mass is 561 g/mol. The first-order valence-electron chi connectivity index (χ1n) is 14.3. The lowest BCUT2D eigenvalue weighted by molar-refractivity contribution is -0.129. The molecule has 0 bridgehead atoms. The Balaban J connectivity index is 1.55. The summed E-state index contributed by atoms with van der Waals surface area (Å²) in [5.41, 5.74) is 6.85. The van der Waals surface area contributed by atoms with Crippen LogP contribution in [0.5, 0.6) is 0 Å². The summed E-state index contributed by atoms with van der Waals surface area (Å²) in [7, 11) is 0. The van der Waals surface area contributed by atoms with E-state index in [0.717, 1.165) is 10.6 Å². The van der Waals surface area contributed by atoms with Crippen molar-refractivity contribution < 1.29 is 14.7 Å². The predicted octanol–water partition coefficient (Wildman–Crippen LogP) is 7.96. The SMILES string of the molecule is Cc1cc(C)cc(N2c3ccc(/C=C/C=C4\C(=O)N(c5ccccc5)N=C4C(=O)O)cc3C(C)(C)C(C)(C)C2(C)C)c1. The van der Waals surface area contributed by atoms with Crippen molar-refractivity contribution in [2.45, 2.75) is 66.3 Å². The third kappa shape index (κ3) is 4.55. The van der Waals surface area contributed by atoms with Crippen LogP contribution in [0.4, 0.5) is 17.1 Å². The molecule has 3 aromatic rings. The lowest BCUT2D eigenvalue weighted by Crippen LogP contribution is -2.63. The van der Waals surface area contributed by atoms with Gasteiger partial charge < -0.3 is 10.0 Å². The smallest absolute Gasteiger partial charge is 0.357 e. The number of nitrogens with zero attached hydrogens (tertiary/aromatic N) is 3. The Hall–Kier alpha value is -4.45. The summed E-state index contributed by atoms with van der Waals surface area (Å²) < 4.78 is 0. The van der Waals surface area contributed by atoms with E-state index in [4.69, 9.17) is 0 Å². The van der Waals surface area contributed by atoms with E-state index in [1.165, 1.54) is 34.1 Å². The Morgan fingerprint density at radius 2 is 1.50 bits per heavy atom. The second-order valence-electron chi connectivity index (χ2n) is 12.9. The second kappa shape index (κ2) is 10.1. The highest BCUT2D eigenvalue weighted by Gasteiger charge is 2.56. The van der Waals surface area contributed by atoms with Gasteiger partial charge in [-0.3, -0.25) is 4.79 Å². The zero-order valence-electron chi connectivity index (χ0n) is 25.7. The minimum absolute atomic E-state index is 0.0461. The van der Waals surface area contributed by atoms with Crippen LogP contribution in [0.25, 0.3) is 6.08 Å². The molecule has 0 unspecified atom stereocenters. The van der Waals surface area contributed by atoms with Gasteiger partial charge in [-0.2, -0.15) is 10.1 Å². The van der Waals surface area contributed by atoms with Crippen molar-refractivity contribution >= 4 is 40.7 Å². The largest absolute Gasteiger partial charge is 0.476 e. The molecule has 3 aromatic carbocycles. The van der Waals surface area contributed by atoms with Gasteiger partial charge in [0.25, 0.3) is 5.91 Å². The number of aliphatic carboxylic acids is 1. The summed E-state index contributed by atoms with van der Waals surface area (Å²) in [4.78, 5) is 27.5. The van der Waals surface area contributed by atoms with E-state index in [1.54, 1.807) is 30.3 Å². The number of amides is 1. The van der Waals surface area contributed by atoms with Gasteiger partial charge in [0.05, 0.1) is 11.3 Å². The molecule has 0 aromatic heterocycles. The number of para-hydroxylation sites is 1. The number of carbonyl (C=O) groups excluding carboxylic acids is 1. The van der Waals surface area contributed by atoms with Gasteiger partial charge in [-0.05, 0) is 103 Å². The highest BCUT2D eigenvalue weighted by Crippen LogP contribution is 2.60. The van der Waals surface area contributed by atoms with Gasteiger partial charge in [0.15, 0.2) is 5.71 Å². The average Bonchev–Trinajstić information content (AvgIpc) is 3.24. The van der Waals surface area contributed by atoms with Crippen LogP contribution in [0.15, 0.2) is 89.6 Å². The van der Waals surface area contributed by atoms with Crippen molar-refractivity contribution in [1.82, 2.24) is 0 Å². The number of carboxylic acids is 1. The lowest BCUT2D eigenvalue weighted by Gasteiger charge is -2.62. The highest BCUT2D eigenvalue weighted by atomic mass is 16.4. The van der Waals surface area contributed by atoms with E-state index < -0.39 is 11.9 Å². The van der Waals surface area contributed by atoms with Crippen molar-refractivity contribution in [2.24, 2.45) is 10.5 Å². The number of benzene rings is 3. The van der Waals surface area contributed by atoms with Crippen molar-refractivity contribution in [3.8, 4) is 0 Å². The standard InChI is InChI=1S/C36H39N3O3/c1-23-19-24(2)21-27(20-23)38-30-18-17-25(22-29(30)34(3,4)35(5,6)36(38,7)8)13-12-16-28-31(33(41)42)37-39(32(28)40)26-14-10-9-11-15-26/h9-22H,1-8H3,(H,41,42)/b13-12+,28-16-. The fraction of sp³-hybridized carbons (Fsp3) is 0.306. The molecule has 6 heteroatoms.